The highest BCUT2D eigenvalue weighted by Crippen LogP contribution is 2.46. The van der Waals surface area contributed by atoms with E-state index in [0.717, 1.165) is 64.5 Å². The van der Waals surface area contributed by atoms with Crippen LogP contribution in [0.2, 0.25) is 0 Å². The third-order valence-electron chi connectivity index (χ3n) is 7.53. The van der Waals surface area contributed by atoms with Crippen LogP contribution in [0.25, 0.3) is 0 Å². The first kappa shape index (κ1) is 25.4. The van der Waals surface area contributed by atoms with Crippen molar-refractivity contribution in [3.05, 3.63) is 71.3 Å². The van der Waals surface area contributed by atoms with Gasteiger partial charge in [-0.3, -0.25) is 0 Å². The van der Waals surface area contributed by atoms with Gasteiger partial charge in [-0.25, -0.2) is 8.78 Å². The average Bonchev–Trinajstić information content (AvgIpc) is 2.84. The molecule has 0 aromatic heterocycles. The van der Waals surface area contributed by atoms with Crippen molar-refractivity contribution in [1.82, 2.24) is 4.90 Å². The van der Waals surface area contributed by atoms with Crippen LogP contribution in [0.5, 0.6) is 0 Å². The number of halogens is 2. The van der Waals surface area contributed by atoms with Crippen LogP contribution in [-0.2, 0) is 11.8 Å². The number of rotatable bonds is 11. The zero-order chi connectivity index (χ0) is 23.7. The van der Waals surface area contributed by atoms with E-state index in [1.807, 2.05) is 6.07 Å². The molecule has 1 aliphatic carbocycles. The molecule has 2 unspecified atom stereocenters. The summed E-state index contributed by atoms with van der Waals surface area (Å²) in [5.41, 5.74) is 0.201. The lowest BCUT2D eigenvalue weighted by atomic mass is 9.63. The first-order valence-electron chi connectivity index (χ1n) is 12.7. The number of nitrogens with zero attached hydrogens (tertiary/aromatic N) is 2. The maximum Gasteiger partial charge on any atom is 0.130 e. The SMILES string of the molecule is CCCN(CCc1ccccc1)C(C)CCC(C#N)(c1c(F)cccc1F)C1CCCCC1. The zero-order valence-electron chi connectivity index (χ0n) is 20.2. The molecule has 2 atom stereocenters. The van der Waals surface area contributed by atoms with Gasteiger partial charge in [0.2, 0.25) is 0 Å². The van der Waals surface area contributed by atoms with Gasteiger partial charge >= 0.3 is 0 Å². The average molecular weight is 453 g/mol. The Morgan fingerprint density at radius 1 is 1.00 bits per heavy atom. The van der Waals surface area contributed by atoms with Gasteiger partial charge in [0.1, 0.15) is 11.6 Å². The molecule has 0 amide bonds. The molecule has 0 saturated heterocycles. The summed E-state index contributed by atoms with van der Waals surface area (Å²) in [5, 5.41) is 10.4. The van der Waals surface area contributed by atoms with E-state index in [-0.39, 0.29) is 17.5 Å². The van der Waals surface area contributed by atoms with Gasteiger partial charge in [0.25, 0.3) is 0 Å². The Labute approximate surface area is 198 Å². The lowest BCUT2D eigenvalue weighted by Crippen LogP contribution is -2.41. The molecule has 2 aromatic carbocycles. The predicted octanol–water partition coefficient (Wildman–Crippen LogP) is 7.43. The van der Waals surface area contributed by atoms with Crippen LogP contribution < -0.4 is 0 Å². The summed E-state index contributed by atoms with van der Waals surface area (Å²) in [4.78, 5) is 2.47. The van der Waals surface area contributed by atoms with Crippen molar-refractivity contribution in [3.63, 3.8) is 0 Å². The normalized spacial score (nSPS) is 17.5. The molecule has 2 nitrogen and oxygen atoms in total. The Hall–Kier alpha value is -2.25. The van der Waals surface area contributed by atoms with Gasteiger partial charge in [-0.1, -0.05) is 62.6 Å². The fourth-order valence-corrected chi connectivity index (χ4v) is 5.63. The molecule has 0 bridgehead atoms. The highest BCUT2D eigenvalue weighted by molar-refractivity contribution is 5.36. The summed E-state index contributed by atoms with van der Waals surface area (Å²) >= 11 is 0. The fourth-order valence-electron chi connectivity index (χ4n) is 5.63. The summed E-state index contributed by atoms with van der Waals surface area (Å²) < 4.78 is 30.0. The van der Waals surface area contributed by atoms with Crippen LogP contribution in [0.15, 0.2) is 48.5 Å². The second kappa shape index (κ2) is 12.3. The van der Waals surface area contributed by atoms with Crippen molar-refractivity contribution >= 4 is 0 Å². The largest absolute Gasteiger partial charge is 0.300 e. The summed E-state index contributed by atoms with van der Waals surface area (Å²) in [6.07, 6.45) is 8.16. The zero-order valence-corrected chi connectivity index (χ0v) is 20.2. The van der Waals surface area contributed by atoms with Crippen molar-refractivity contribution in [2.24, 2.45) is 5.92 Å². The summed E-state index contributed by atoms with van der Waals surface area (Å²) in [6.45, 7) is 6.29. The van der Waals surface area contributed by atoms with Gasteiger partial charge in [-0.15, -0.1) is 0 Å². The lowest BCUT2D eigenvalue weighted by molar-refractivity contribution is 0.170. The maximum absolute atomic E-state index is 15.0. The number of nitriles is 1. The monoisotopic (exact) mass is 452 g/mol. The molecule has 0 aliphatic heterocycles. The van der Waals surface area contributed by atoms with E-state index in [4.69, 9.17) is 0 Å². The molecule has 1 saturated carbocycles. The van der Waals surface area contributed by atoms with E-state index < -0.39 is 17.0 Å². The molecule has 0 spiro atoms. The van der Waals surface area contributed by atoms with Crippen molar-refractivity contribution < 1.29 is 8.78 Å². The molecule has 3 rings (SSSR count). The van der Waals surface area contributed by atoms with Crippen LogP contribution in [0, 0.1) is 28.9 Å². The number of hydrogen-bond donors (Lipinski definition) is 0. The van der Waals surface area contributed by atoms with E-state index in [0.29, 0.717) is 6.42 Å². The minimum Gasteiger partial charge on any atom is -0.300 e. The maximum atomic E-state index is 15.0. The molecule has 2 aromatic rings. The molecule has 0 heterocycles. The summed E-state index contributed by atoms with van der Waals surface area (Å²) in [7, 11) is 0. The van der Waals surface area contributed by atoms with Crippen LogP contribution in [0.4, 0.5) is 8.78 Å². The van der Waals surface area contributed by atoms with E-state index in [1.54, 1.807) is 0 Å². The Balaban J connectivity index is 1.80. The highest BCUT2D eigenvalue weighted by Gasteiger charge is 2.44. The number of benzene rings is 2. The van der Waals surface area contributed by atoms with Gasteiger partial charge in [-0.2, -0.15) is 5.26 Å². The van der Waals surface area contributed by atoms with E-state index in [1.165, 1.54) is 23.8 Å². The second-order valence-electron chi connectivity index (χ2n) is 9.67. The molecular formula is C29H38F2N2. The molecule has 178 valence electrons. The molecule has 33 heavy (non-hydrogen) atoms. The molecule has 4 heteroatoms. The van der Waals surface area contributed by atoms with Crippen molar-refractivity contribution in [2.75, 3.05) is 13.1 Å². The summed E-state index contributed by atoms with van der Waals surface area (Å²) in [6, 6.07) is 17.2. The molecule has 0 radical (unpaired) electrons. The van der Waals surface area contributed by atoms with Gasteiger partial charge < -0.3 is 4.90 Å². The van der Waals surface area contributed by atoms with Gasteiger partial charge in [-0.05, 0) is 75.6 Å². The van der Waals surface area contributed by atoms with Gasteiger partial charge in [0, 0.05) is 18.2 Å². The second-order valence-corrected chi connectivity index (χ2v) is 9.67. The lowest BCUT2D eigenvalue weighted by Gasteiger charge is -2.40. The number of hydrogen-bond acceptors (Lipinski definition) is 2. The van der Waals surface area contributed by atoms with Crippen molar-refractivity contribution in [1.29, 1.82) is 5.26 Å². The van der Waals surface area contributed by atoms with E-state index in [2.05, 4.69) is 49.1 Å². The quantitative estimate of drug-likeness (QED) is 0.354. The van der Waals surface area contributed by atoms with Crippen LogP contribution in [0.3, 0.4) is 0 Å². The molecular weight excluding hydrogens is 414 g/mol. The van der Waals surface area contributed by atoms with E-state index >= 15 is 0 Å². The smallest absolute Gasteiger partial charge is 0.130 e. The van der Waals surface area contributed by atoms with Gasteiger partial charge in [0.05, 0.1) is 11.5 Å². The minimum atomic E-state index is -1.11. The fraction of sp³-hybridized carbons (Fsp3) is 0.552. The van der Waals surface area contributed by atoms with Crippen molar-refractivity contribution in [3.8, 4) is 6.07 Å². The van der Waals surface area contributed by atoms with Crippen LogP contribution in [-0.4, -0.2) is 24.0 Å². The van der Waals surface area contributed by atoms with Crippen LogP contribution in [0.1, 0.15) is 76.3 Å². The molecule has 0 N–H and O–H groups in total. The Morgan fingerprint density at radius 2 is 1.67 bits per heavy atom. The van der Waals surface area contributed by atoms with Crippen LogP contribution >= 0.6 is 0 Å². The van der Waals surface area contributed by atoms with E-state index in [9.17, 15) is 14.0 Å². The molecule has 1 aliphatic rings. The third-order valence-corrected chi connectivity index (χ3v) is 7.53. The Morgan fingerprint density at radius 3 is 2.27 bits per heavy atom. The topological polar surface area (TPSA) is 27.0 Å². The first-order valence-corrected chi connectivity index (χ1v) is 12.7. The Kier molecular flexibility index (Phi) is 9.44. The minimum absolute atomic E-state index is 0.00112. The third kappa shape index (κ3) is 6.21. The molecule has 1 fully saturated rings. The van der Waals surface area contributed by atoms with Gasteiger partial charge in [0.15, 0.2) is 0 Å². The summed E-state index contributed by atoms with van der Waals surface area (Å²) in [5.74, 6) is -1.16. The highest BCUT2D eigenvalue weighted by atomic mass is 19.1. The standard InChI is InChI=1S/C29H38F2N2/c1-3-20-33(21-18-24-11-6-4-7-12-24)23(2)17-19-29(22-32,25-13-8-5-9-14-25)28-26(30)15-10-16-27(28)31/h4,6-7,10-12,15-16,23,25H,3,5,8-9,13-14,17-21H2,1-2H3. The predicted molar refractivity (Wildman–Crippen MR) is 131 cm³/mol. The first-order chi connectivity index (χ1) is 16.0. The Bertz CT molecular complexity index is 881. The van der Waals surface area contributed by atoms with Crippen molar-refractivity contribution in [2.45, 2.75) is 83.1 Å².